The van der Waals surface area contributed by atoms with Gasteiger partial charge in [-0.2, -0.15) is 15.1 Å². The number of nitriles is 2. The molecule has 3 N–H and O–H groups in total. The second-order valence-electron chi connectivity index (χ2n) is 7.43. The van der Waals surface area contributed by atoms with E-state index in [0.717, 1.165) is 5.56 Å². The SMILES string of the molecule is N#CC(=C=N)C1=C(C#N)C(c2ccccc2)C([n+]2ccccc2)C(O)(c2ccccc2)N1. The molecule has 0 fully saturated rings. The average molecular weight is 418 g/mol. The van der Waals surface area contributed by atoms with E-state index in [-0.39, 0.29) is 16.8 Å². The van der Waals surface area contributed by atoms with E-state index in [1.165, 1.54) is 0 Å². The summed E-state index contributed by atoms with van der Waals surface area (Å²) in [5, 5.41) is 42.7. The summed E-state index contributed by atoms with van der Waals surface area (Å²) >= 11 is 0. The Hall–Kier alpha value is -4.48. The molecule has 6 nitrogen and oxygen atoms in total. The zero-order valence-electron chi connectivity index (χ0n) is 17.1. The molecule has 32 heavy (non-hydrogen) atoms. The van der Waals surface area contributed by atoms with Crippen LogP contribution in [-0.2, 0) is 5.72 Å². The molecule has 2 aromatic carbocycles. The predicted molar refractivity (Wildman–Crippen MR) is 118 cm³/mol. The smallest absolute Gasteiger partial charge is 0.227 e. The van der Waals surface area contributed by atoms with Crippen LogP contribution in [0.5, 0.6) is 0 Å². The van der Waals surface area contributed by atoms with E-state index in [1.54, 1.807) is 12.1 Å². The van der Waals surface area contributed by atoms with Gasteiger partial charge >= 0.3 is 0 Å². The van der Waals surface area contributed by atoms with Crippen molar-refractivity contribution >= 4 is 5.87 Å². The van der Waals surface area contributed by atoms with Gasteiger partial charge in [0.1, 0.15) is 11.6 Å². The fourth-order valence-corrected chi connectivity index (χ4v) is 4.29. The summed E-state index contributed by atoms with van der Waals surface area (Å²) in [6.07, 6.45) is 3.68. The predicted octanol–water partition coefficient (Wildman–Crippen LogP) is 3.22. The molecule has 1 aromatic heterocycles. The van der Waals surface area contributed by atoms with E-state index in [2.05, 4.69) is 17.3 Å². The first-order valence-corrected chi connectivity index (χ1v) is 10.0. The van der Waals surface area contributed by atoms with Crippen LogP contribution < -0.4 is 9.88 Å². The van der Waals surface area contributed by atoms with Gasteiger partial charge in [-0.25, -0.2) is 0 Å². The minimum atomic E-state index is -1.69. The van der Waals surface area contributed by atoms with Gasteiger partial charge in [-0.1, -0.05) is 66.7 Å². The van der Waals surface area contributed by atoms with Crippen LogP contribution in [0, 0.1) is 28.1 Å². The Balaban J connectivity index is 2.10. The Morgan fingerprint density at radius 2 is 1.53 bits per heavy atom. The number of aromatic nitrogens is 1. The summed E-state index contributed by atoms with van der Waals surface area (Å²) in [6, 6.07) is 27.6. The summed E-state index contributed by atoms with van der Waals surface area (Å²) in [6.45, 7) is 0. The van der Waals surface area contributed by atoms with Crippen LogP contribution in [0.25, 0.3) is 0 Å². The molecule has 154 valence electrons. The number of pyridine rings is 1. The van der Waals surface area contributed by atoms with Crippen LogP contribution >= 0.6 is 0 Å². The summed E-state index contributed by atoms with van der Waals surface area (Å²) in [4.78, 5) is 0. The number of benzene rings is 2. The number of nitrogens with zero attached hydrogens (tertiary/aromatic N) is 3. The van der Waals surface area contributed by atoms with Crippen molar-refractivity contribution in [1.29, 1.82) is 15.9 Å². The summed E-state index contributed by atoms with van der Waals surface area (Å²) < 4.78 is 1.87. The van der Waals surface area contributed by atoms with Crippen molar-refractivity contribution < 1.29 is 9.67 Å². The zero-order valence-corrected chi connectivity index (χ0v) is 17.1. The van der Waals surface area contributed by atoms with Crippen molar-refractivity contribution in [1.82, 2.24) is 5.32 Å². The number of allylic oxidation sites excluding steroid dienone is 2. The van der Waals surface area contributed by atoms with Gasteiger partial charge in [-0.3, -0.25) is 5.41 Å². The van der Waals surface area contributed by atoms with Crippen molar-refractivity contribution in [3.63, 3.8) is 0 Å². The number of nitrogens with one attached hydrogen (secondary N) is 2. The Kier molecular flexibility index (Phi) is 5.66. The Bertz CT molecular complexity index is 1280. The first kappa shape index (κ1) is 20.8. The Morgan fingerprint density at radius 3 is 2.09 bits per heavy atom. The molecule has 0 spiro atoms. The van der Waals surface area contributed by atoms with Gasteiger partial charge in [0, 0.05) is 17.7 Å². The molecule has 4 rings (SSSR count). The molecule has 2 heterocycles. The fourth-order valence-electron chi connectivity index (χ4n) is 4.29. The molecule has 0 radical (unpaired) electrons. The van der Waals surface area contributed by atoms with E-state index >= 15 is 0 Å². The number of hydrogen-bond acceptors (Lipinski definition) is 5. The van der Waals surface area contributed by atoms with Gasteiger partial charge in [0.15, 0.2) is 12.4 Å². The van der Waals surface area contributed by atoms with Crippen molar-refractivity contribution in [2.45, 2.75) is 17.7 Å². The van der Waals surface area contributed by atoms with Crippen LogP contribution in [0.4, 0.5) is 0 Å². The topological polar surface area (TPSA) is 108 Å². The number of rotatable bonds is 4. The van der Waals surface area contributed by atoms with Gasteiger partial charge in [-0.05, 0) is 11.4 Å². The number of hydrogen-bond donors (Lipinski definition) is 3. The van der Waals surface area contributed by atoms with Crippen molar-refractivity contribution in [3.8, 4) is 12.1 Å². The van der Waals surface area contributed by atoms with E-state index in [1.807, 2.05) is 89.8 Å². The van der Waals surface area contributed by atoms with Gasteiger partial charge in [0.25, 0.3) is 0 Å². The summed E-state index contributed by atoms with van der Waals surface area (Å²) in [7, 11) is 0. The maximum absolute atomic E-state index is 12.2. The molecule has 3 aromatic rings. The van der Waals surface area contributed by atoms with Crippen LogP contribution in [0.3, 0.4) is 0 Å². The zero-order chi connectivity index (χ0) is 22.6. The standard InChI is InChI=1S/C26H20N5O/c27-16-20(17-28)24-22(18-29)23(19-10-4-1-5-11-19)25(31-14-8-3-9-15-31)26(32,30-24)21-12-6-2-7-13-21/h1-15,23,25,27,30,32H/q+1. The normalized spacial score (nSPS) is 22.1. The molecule has 3 unspecified atom stereocenters. The second kappa shape index (κ2) is 8.71. The largest absolute Gasteiger partial charge is 0.362 e. The van der Waals surface area contributed by atoms with Gasteiger partial charge < -0.3 is 10.4 Å². The lowest BCUT2D eigenvalue weighted by molar-refractivity contribution is -0.743. The highest BCUT2D eigenvalue weighted by atomic mass is 16.3. The second-order valence-corrected chi connectivity index (χ2v) is 7.43. The molecule has 0 bridgehead atoms. The van der Waals surface area contributed by atoms with Crippen molar-refractivity contribution in [2.24, 2.45) is 0 Å². The maximum atomic E-state index is 12.2. The van der Waals surface area contributed by atoms with E-state index in [9.17, 15) is 15.6 Å². The Morgan fingerprint density at radius 1 is 0.938 bits per heavy atom. The fraction of sp³-hybridized carbons (Fsp3) is 0.115. The van der Waals surface area contributed by atoms with Gasteiger partial charge in [0.05, 0.1) is 23.3 Å². The molecule has 0 saturated carbocycles. The molecule has 0 aliphatic carbocycles. The van der Waals surface area contributed by atoms with Crippen LogP contribution in [-0.4, -0.2) is 11.0 Å². The monoisotopic (exact) mass is 418 g/mol. The molecule has 0 amide bonds. The van der Waals surface area contributed by atoms with E-state index in [0.29, 0.717) is 5.56 Å². The molecular weight excluding hydrogens is 398 g/mol. The van der Waals surface area contributed by atoms with Crippen LogP contribution in [0.1, 0.15) is 23.1 Å². The lowest BCUT2D eigenvalue weighted by Gasteiger charge is -2.42. The third-order valence-electron chi connectivity index (χ3n) is 5.68. The average Bonchev–Trinajstić information content (AvgIpc) is 2.86. The van der Waals surface area contributed by atoms with Crippen molar-refractivity contribution in [2.75, 3.05) is 0 Å². The first-order valence-electron chi connectivity index (χ1n) is 10.0. The molecule has 0 saturated heterocycles. The lowest BCUT2D eigenvalue weighted by atomic mass is 9.73. The van der Waals surface area contributed by atoms with E-state index in [4.69, 9.17) is 5.41 Å². The molecule has 3 atom stereocenters. The molecule has 6 heteroatoms. The van der Waals surface area contributed by atoms with Gasteiger partial charge in [0.2, 0.25) is 11.8 Å². The van der Waals surface area contributed by atoms with Crippen LogP contribution in [0.2, 0.25) is 0 Å². The third-order valence-corrected chi connectivity index (χ3v) is 5.68. The third kappa shape index (κ3) is 3.47. The quantitative estimate of drug-likeness (QED) is 0.343. The molecule has 1 aliphatic rings. The summed E-state index contributed by atoms with van der Waals surface area (Å²) in [5.41, 5.74) is -0.0940. The minimum absolute atomic E-state index is 0.109. The minimum Gasteiger partial charge on any atom is -0.362 e. The highest BCUT2D eigenvalue weighted by Crippen LogP contribution is 2.47. The van der Waals surface area contributed by atoms with Crippen molar-refractivity contribution in [3.05, 3.63) is 119 Å². The molecular formula is C26H20N5O+. The van der Waals surface area contributed by atoms with Gasteiger partial charge in [-0.15, -0.1) is 0 Å². The summed E-state index contributed by atoms with van der Waals surface area (Å²) in [5.74, 6) is 1.51. The number of aliphatic hydroxyl groups is 1. The van der Waals surface area contributed by atoms with E-state index < -0.39 is 17.7 Å². The highest BCUT2D eigenvalue weighted by Gasteiger charge is 2.56. The first-order chi connectivity index (χ1) is 15.6. The molecule has 1 aliphatic heterocycles. The Labute approximate surface area is 186 Å². The van der Waals surface area contributed by atoms with Crippen LogP contribution in [0.15, 0.2) is 108 Å². The lowest BCUT2D eigenvalue weighted by Crippen LogP contribution is -2.62. The maximum Gasteiger partial charge on any atom is 0.227 e. The highest BCUT2D eigenvalue weighted by molar-refractivity contribution is 5.71.